The van der Waals surface area contributed by atoms with Gasteiger partial charge >= 0.3 is 0 Å². The standard InChI is InChI=1S/C18H14ClN3O4S/c19-10-4-12-13(26-8-25-12)5-11(10)21-15(23)6-22-7-20-17-16(18(22)24)9-2-1-3-14(9)27-17/h4-5,7H,1-3,6,8H2,(H,21,23). The van der Waals surface area contributed by atoms with E-state index in [-0.39, 0.29) is 24.8 Å². The van der Waals surface area contributed by atoms with Crippen molar-refractivity contribution in [2.45, 2.75) is 25.8 Å². The number of fused-ring (bicyclic) bond motifs is 4. The third-order valence-electron chi connectivity index (χ3n) is 4.74. The highest BCUT2D eigenvalue weighted by atomic mass is 35.5. The number of nitrogens with one attached hydrogen (secondary N) is 1. The third kappa shape index (κ3) is 2.76. The number of carbonyl (C=O) groups is 1. The number of amides is 1. The maximum Gasteiger partial charge on any atom is 0.262 e. The Kier molecular flexibility index (Phi) is 3.84. The molecule has 1 N–H and O–H groups in total. The quantitative estimate of drug-likeness (QED) is 0.727. The predicted molar refractivity (Wildman–Crippen MR) is 102 cm³/mol. The van der Waals surface area contributed by atoms with Crippen molar-refractivity contribution < 1.29 is 14.3 Å². The lowest BCUT2D eigenvalue weighted by Gasteiger charge is -2.10. The number of halogens is 1. The molecule has 9 heteroatoms. The van der Waals surface area contributed by atoms with Gasteiger partial charge in [0.15, 0.2) is 11.5 Å². The van der Waals surface area contributed by atoms with Crippen LogP contribution >= 0.6 is 22.9 Å². The molecule has 0 fully saturated rings. The van der Waals surface area contributed by atoms with Crippen LogP contribution in [0.5, 0.6) is 11.5 Å². The van der Waals surface area contributed by atoms with Crippen LogP contribution in [0.3, 0.4) is 0 Å². The number of nitrogens with zero attached hydrogens (tertiary/aromatic N) is 2. The van der Waals surface area contributed by atoms with Crippen LogP contribution in [0.15, 0.2) is 23.3 Å². The molecule has 3 aromatic rings. The summed E-state index contributed by atoms with van der Waals surface area (Å²) in [5, 5.41) is 3.71. The van der Waals surface area contributed by atoms with Gasteiger partial charge in [-0.3, -0.25) is 14.2 Å². The largest absolute Gasteiger partial charge is 0.454 e. The molecule has 2 aromatic heterocycles. The minimum absolute atomic E-state index is 0.120. The SMILES string of the molecule is O=C(Cn1cnc2sc3c(c2c1=O)CCC3)Nc1cc2c(cc1Cl)OCO2. The van der Waals surface area contributed by atoms with Crippen LogP contribution in [0.2, 0.25) is 5.02 Å². The molecule has 27 heavy (non-hydrogen) atoms. The number of ether oxygens (including phenoxy) is 2. The van der Waals surface area contributed by atoms with Crippen LogP contribution in [0.25, 0.3) is 10.2 Å². The number of aryl methyl sites for hydroxylation is 2. The monoisotopic (exact) mass is 403 g/mol. The van der Waals surface area contributed by atoms with E-state index in [1.54, 1.807) is 23.5 Å². The molecule has 0 spiro atoms. The smallest absolute Gasteiger partial charge is 0.262 e. The number of hydrogen-bond acceptors (Lipinski definition) is 6. The van der Waals surface area contributed by atoms with Crippen molar-refractivity contribution in [3.63, 3.8) is 0 Å². The van der Waals surface area contributed by atoms with E-state index in [1.807, 2.05) is 0 Å². The molecule has 2 aliphatic rings. The van der Waals surface area contributed by atoms with Crippen molar-refractivity contribution in [2.75, 3.05) is 12.1 Å². The molecule has 0 unspecified atom stereocenters. The summed E-state index contributed by atoms with van der Waals surface area (Å²) in [7, 11) is 0. The van der Waals surface area contributed by atoms with Crippen molar-refractivity contribution in [1.29, 1.82) is 0 Å². The fraction of sp³-hybridized carbons (Fsp3) is 0.278. The van der Waals surface area contributed by atoms with E-state index in [0.29, 0.717) is 27.6 Å². The van der Waals surface area contributed by atoms with Crippen LogP contribution in [-0.4, -0.2) is 22.3 Å². The minimum atomic E-state index is -0.370. The first-order valence-electron chi connectivity index (χ1n) is 8.49. The average molecular weight is 404 g/mol. The molecule has 1 amide bonds. The van der Waals surface area contributed by atoms with Gasteiger partial charge in [-0.1, -0.05) is 11.6 Å². The van der Waals surface area contributed by atoms with Gasteiger partial charge in [0, 0.05) is 17.0 Å². The maximum absolute atomic E-state index is 12.8. The second kappa shape index (κ2) is 6.24. The van der Waals surface area contributed by atoms with Crippen molar-refractivity contribution in [1.82, 2.24) is 9.55 Å². The fourth-order valence-electron chi connectivity index (χ4n) is 3.49. The summed E-state index contributed by atoms with van der Waals surface area (Å²) in [6, 6.07) is 3.20. The zero-order valence-electron chi connectivity index (χ0n) is 14.1. The van der Waals surface area contributed by atoms with E-state index in [2.05, 4.69) is 10.3 Å². The average Bonchev–Trinajstić information content (AvgIpc) is 3.33. The Bertz CT molecular complexity index is 1150. The van der Waals surface area contributed by atoms with E-state index < -0.39 is 0 Å². The van der Waals surface area contributed by atoms with Crippen molar-refractivity contribution >= 4 is 44.7 Å². The van der Waals surface area contributed by atoms with Crippen LogP contribution in [0.1, 0.15) is 16.9 Å². The highest BCUT2D eigenvalue weighted by molar-refractivity contribution is 7.18. The Hall–Kier alpha value is -2.58. The normalized spacial score (nSPS) is 14.6. The lowest BCUT2D eigenvalue weighted by atomic mass is 10.2. The van der Waals surface area contributed by atoms with E-state index >= 15 is 0 Å². The molecular formula is C18H14ClN3O4S. The Morgan fingerprint density at radius 2 is 2.11 bits per heavy atom. The molecular weight excluding hydrogens is 390 g/mol. The number of hydrogen-bond donors (Lipinski definition) is 1. The molecule has 7 nitrogen and oxygen atoms in total. The Morgan fingerprint density at radius 3 is 2.96 bits per heavy atom. The van der Waals surface area contributed by atoms with Crippen molar-refractivity contribution in [3.05, 3.63) is 44.3 Å². The third-order valence-corrected chi connectivity index (χ3v) is 6.25. The first-order valence-corrected chi connectivity index (χ1v) is 9.68. The molecule has 3 heterocycles. The van der Waals surface area contributed by atoms with Crippen LogP contribution in [-0.2, 0) is 24.2 Å². The molecule has 0 bridgehead atoms. The zero-order valence-corrected chi connectivity index (χ0v) is 15.7. The van der Waals surface area contributed by atoms with E-state index in [4.69, 9.17) is 21.1 Å². The summed E-state index contributed by atoms with van der Waals surface area (Å²) < 4.78 is 11.9. The first-order chi connectivity index (χ1) is 13.1. The second-order valence-electron chi connectivity index (χ2n) is 6.45. The van der Waals surface area contributed by atoms with Gasteiger partial charge in [0.2, 0.25) is 12.7 Å². The molecule has 1 aliphatic heterocycles. The number of benzene rings is 1. The van der Waals surface area contributed by atoms with E-state index in [0.717, 1.165) is 29.7 Å². The van der Waals surface area contributed by atoms with Gasteiger partial charge in [0.25, 0.3) is 5.56 Å². The summed E-state index contributed by atoms with van der Waals surface area (Å²) >= 11 is 7.76. The summed E-state index contributed by atoms with van der Waals surface area (Å²) in [6.45, 7) is -0.0216. The zero-order chi connectivity index (χ0) is 18.5. The van der Waals surface area contributed by atoms with Crippen molar-refractivity contribution in [2.24, 2.45) is 0 Å². The highest BCUT2D eigenvalue weighted by Crippen LogP contribution is 2.39. The molecule has 5 rings (SSSR count). The maximum atomic E-state index is 12.8. The lowest BCUT2D eigenvalue weighted by Crippen LogP contribution is -2.28. The Labute approximate surface area is 162 Å². The van der Waals surface area contributed by atoms with Gasteiger partial charge in [-0.05, 0) is 24.8 Å². The molecule has 0 saturated heterocycles. The number of carbonyl (C=O) groups excluding carboxylic acids is 1. The van der Waals surface area contributed by atoms with Crippen molar-refractivity contribution in [3.8, 4) is 11.5 Å². The van der Waals surface area contributed by atoms with Crippen LogP contribution < -0.4 is 20.3 Å². The summed E-state index contributed by atoms with van der Waals surface area (Å²) in [5.41, 5.74) is 1.33. The molecule has 0 atom stereocenters. The predicted octanol–water partition coefficient (Wildman–Crippen LogP) is 2.97. The van der Waals surface area contributed by atoms with E-state index in [9.17, 15) is 9.59 Å². The van der Waals surface area contributed by atoms with Gasteiger partial charge < -0.3 is 14.8 Å². The number of aromatic nitrogens is 2. The van der Waals surface area contributed by atoms with Gasteiger partial charge in [-0.25, -0.2) is 4.98 Å². The van der Waals surface area contributed by atoms with Gasteiger partial charge in [0.1, 0.15) is 11.4 Å². The highest BCUT2D eigenvalue weighted by Gasteiger charge is 2.22. The molecule has 138 valence electrons. The van der Waals surface area contributed by atoms with Gasteiger partial charge in [0.05, 0.1) is 22.4 Å². The van der Waals surface area contributed by atoms with Gasteiger partial charge in [-0.15, -0.1) is 11.3 Å². The summed E-state index contributed by atoms with van der Waals surface area (Å²) in [6.07, 6.45) is 4.39. The molecule has 1 aliphatic carbocycles. The van der Waals surface area contributed by atoms with Gasteiger partial charge in [-0.2, -0.15) is 0 Å². The molecule has 0 saturated carbocycles. The topological polar surface area (TPSA) is 82.5 Å². The first kappa shape index (κ1) is 16.6. The second-order valence-corrected chi connectivity index (χ2v) is 7.94. The Morgan fingerprint density at radius 1 is 1.30 bits per heavy atom. The van der Waals surface area contributed by atoms with Crippen LogP contribution in [0, 0.1) is 0 Å². The summed E-state index contributed by atoms with van der Waals surface area (Å²) in [4.78, 5) is 31.7. The fourth-order valence-corrected chi connectivity index (χ4v) is 4.91. The molecule has 0 radical (unpaired) electrons. The Balaban J connectivity index is 1.42. The lowest BCUT2D eigenvalue weighted by molar-refractivity contribution is -0.116. The number of thiophene rings is 1. The minimum Gasteiger partial charge on any atom is -0.454 e. The number of anilines is 1. The number of rotatable bonds is 3. The summed E-state index contributed by atoms with van der Waals surface area (Å²) in [5.74, 6) is 0.685. The van der Waals surface area contributed by atoms with E-state index in [1.165, 1.54) is 15.8 Å². The molecule has 1 aromatic carbocycles. The van der Waals surface area contributed by atoms with Crippen LogP contribution in [0.4, 0.5) is 5.69 Å².